The summed E-state index contributed by atoms with van der Waals surface area (Å²) in [6.07, 6.45) is 7.77. The molecule has 0 spiro atoms. The third-order valence-corrected chi connectivity index (χ3v) is 5.25. The molecule has 136 valence electrons. The Morgan fingerprint density at radius 1 is 1.19 bits per heavy atom. The maximum Gasteiger partial charge on any atom is 0.334 e. The number of fused-ring (bicyclic) bond motifs is 1. The molecule has 0 saturated heterocycles. The second-order valence-electron chi connectivity index (χ2n) is 7.07. The van der Waals surface area contributed by atoms with Crippen LogP contribution in [0.2, 0.25) is 0 Å². The fourth-order valence-electron chi connectivity index (χ4n) is 3.80. The van der Waals surface area contributed by atoms with Crippen molar-refractivity contribution in [2.75, 3.05) is 6.61 Å². The van der Waals surface area contributed by atoms with E-state index in [1.807, 2.05) is 13.8 Å². The summed E-state index contributed by atoms with van der Waals surface area (Å²) >= 11 is 0. The molecule has 0 unspecified atom stereocenters. The zero-order chi connectivity index (χ0) is 19.0. The highest BCUT2D eigenvalue weighted by Gasteiger charge is 2.29. The number of carbonyl (C=O) groups excluding carboxylic acids is 1. The molecule has 0 saturated carbocycles. The van der Waals surface area contributed by atoms with Crippen LogP contribution in [0.3, 0.4) is 0 Å². The summed E-state index contributed by atoms with van der Waals surface area (Å²) in [6, 6.07) is 10.7. The van der Waals surface area contributed by atoms with E-state index in [1.54, 1.807) is 0 Å². The van der Waals surface area contributed by atoms with E-state index >= 15 is 0 Å². The van der Waals surface area contributed by atoms with Crippen LogP contribution in [-0.2, 0) is 16.0 Å². The molecule has 3 heteroatoms. The molecular formula is C24H23NO2. The Bertz CT molecular complexity index is 1010. The number of allylic oxidation sites excluding steroid dienone is 5. The van der Waals surface area contributed by atoms with Crippen LogP contribution in [-0.4, -0.2) is 17.6 Å². The van der Waals surface area contributed by atoms with Crippen LogP contribution in [0.5, 0.6) is 0 Å². The van der Waals surface area contributed by atoms with Crippen LogP contribution in [0, 0.1) is 6.92 Å². The molecule has 3 nitrogen and oxygen atoms in total. The van der Waals surface area contributed by atoms with Crippen molar-refractivity contribution >= 4 is 17.1 Å². The zero-order valence-electron chi connectivity index (χ0n) is 16.0. The Morgan fingerprint density at radius 2 is 1.96 bits per heavy atom. The van der Waals surface area contributed by atoms with Gasteiger partial charge in [-0.2, -0.15) is 0 Å². The minimum Gasteiger partial charge on any atom is -0.463 e. The number of carbonyl (C=O) groups is 1. The van der Waals surface area contributed by atoms with Crippen LogP contribution in [0.4, 0.5) is 0 Å². The Morgan fingerprint density at radius 3 is 2.63 bits per heavy atom. The molecule has 0 bridgehead atoms. The number of aromatic nitrogens is 1. The molecule has 1 aromatic heterocycles. The monoisotopic (exact) mass is 357 g/mol. The Labute approximate surface area is 160 Å². The fourth-order valence-corrected chi connectivity index (χ4v) is 3.80. The second-order valence-corrected chi connectivity index (χ2v) is 7.07. The first-order valence-electron chi connectivity index (χ1n) is 9.42. The highest BCUT2D eigenvalue weighted by atomic mass is 16.5. The number of nitrogens with zero attached hydrogens (tertiary/aromatic N) is 1. The van der Waals surface area contributed by atoms with E-state index in [0.717, 1.165) is 45.6 Å². The Kier molecular flexibility index (Phi) is 4.53. The van der Waals surface area contributed by atoms with E-state index in [1.165, 1.54) is 11.1 Å². The number of hydrogen-bond acceptors (Lipinski definition) is 3. The molecule has 27 heavy (non-hydrogen) atoms. The summed E-state index contributed by atoms with van der Waals surface area (Å²) in [4.78, 5) is 17.4. The third-order valence-electron chi connectivity index (χ3n) is 5.25. The lowest BCUT2D eigenvalue weighted by molar-refractivity contribution is -0.138. The average molecular weight is 357 g/mol. The van der Waals surface area contributed by atoms with Gasteiger partial charge in [-0.05, 0) is 55.5 Å². The molecule has 0 fully saturated rings. The Hall–Kier alpha value is -2.94. The predicted molar refractivity (Wildman–Crippen MR) is 109 cm³/mol. The summed E-state index contributed by atoms with van der Waals surface area (Å²) < 4.78 is 5.27. The van der Waals surface area contributed by atoms with Crippen LogP contribution in [0.25, 0.3) is 22.3 Å². The molecule has 1 aromatic carbocycles. The summed E-state index contributed by atoms with van der Waals surface area (Å²) in [7, 11) is 0. The van der Waals surface area contributed by atoms with Gasteiger partial charge in [-0.3, -0.25) is 4.98 Å². The molecule has 2 aliphatic rings. The van der Waals surface area contributed by atoms with Crippen molar-refractivity contribution < 1.29 is 9.53 Å². The molecule has 1 heterocycles. The number of pyridine rings is 1. The van der Waals surface area contributed by atoms with Crippen molar-refractivity contribution in [3.05, 3.63) is 76.6 Å². The van der Waals surface area contributed by atoms with E-state index in [4.69, 9.17) is 9.72 Å². The van der Waals surface area contributed by atoms with Gasteiger partial charge in [-0.1, -0.05) is 48.1 Å². The lowest BCUT2D eigenvalue weighted by Crippen LogP contribution is -2.08. The SMILES string of the molecule is CCOC(=O)C1=C(C)c2c(-c3ccc(C)cc3)cc(C3=CC=CC3)nc2C1. The van der Waals surface area contributed by atoms with Crippen LogP contribution in [0.1, 0.15) is 42.8 Å². The lowest BCUT2D eigenvalue weighted by Gasteiger charge is -2.14. The summed E-state index contributed by atoms with van der Waals surface area (Å²) in [5, 5.41) is 0. The highest BCUT2D eigenvalue weighted by Crippen LogP contribution is 2.41. The van der Waals surface area contributed by atoms with Gasteiger partial charge < -0.3 is 4.74 Å². The van der Waals surface area contributed by atoms with Crippen LogP contribution < -0.4 is 0 Å². The highest BCUT2D eigenvalue weighted by molar-refractivity contribution is 6.03. The number of ether oxygens (including phenoxy) is 1. The van der Waals surface area contributed by atoms with E-state index in [2.05, 4.69) is 55.5 Å². The number of esters is 1. The van der Waals surface area contributed by atoms with Gasteiger partial charge in [-0.15, -0.1) is 0 Å². The molecule has 2 aromatic rings. The van der Waals surface area contributed by atoms with Crippen molar-refractivity contribution in [3.63, 3.8) is 0 Å². The summed E-state index contributed by atoms with van der Waals surface area (Å²) in [6.45, 7) is 6.32. The number of rotatable bonds is 4. The first-order valence-corrected chi connectivity index (χ1v) is 9.42. The van der Waals surface area contributed by atoms with Crippen LogP contribution >= 0.6 is 0 Å². The van der Waals surface area contributed by atoms with E-state index in [9.17, 15) is 4.79 Å². The fraction of sp³-hybridized carbons (Fsp3) is 0.250. The van der Waals surface area contributed by atoms with Gasteiger partial charge >= 0.3 is 5.97 Å². The molecule has 4 rings (SSSR count). The van der Waals surface area contributed by atoms with E-state index in [-0.39, 0.29) is 5.97 Å². The first kappa shape index (κ1) is 17.5. The normalized spacial score (nSPS) is 15.1. The third kappa shape index (κ3) is 3.14. The summed E-state index contributed by atoms with van der Waals surface area (Å²) in [5.74, 6) is -0.230. The van der Waals surface area contributed by atoms with Crippen molar-refractivity contribution in [1.82, 2.24) is 4.98 Å². The Balaban J connectivity index is 1.88. The molecule has 2 aliphatic carbocycles. The molecule has 0 N–H and O–H groups in total. The number of hydrogen-bond donors (Lipinski definition) is 0. The van der Waals surface area contributed by atoms with Crippen molar-refractivity contribution in [3.8, 4) is 11.1 Å². The minimum absolute atomic E-state index is 0.230. The van der Waals surface area contributed by atoms with E-state index < -0.39 is 0 Å². The van der Waals surface area contributed by atoms with Gasteiger partial charge in [0.1, 0.15) is 0 Å². The number of benzene rings is 1. The molecule has 0 amide bonds. The lowest BCUT2D eigenvalue weighted by atomic mass is 9.94. The molecule has 0 radical (unpaired) electrons. The smallest absolute Gasteiger partial charge is 0.334 e. The van der Waals surface area contributed by atoms with Crippen molar-refractivity contribution in [1.29, 1.82) is 0 Å². The quantitative estimate of drug-likeness (QED) is 0.698. The molecule has 0 aliphatic heterocycles. The van der Waals surface area contributed by atoms with Crippen molar-refractivity contribution in [2.45, 2.75) is 33.6 Å². The van der Waals surface area contributed by atoms with Gasteiger partial charge in [-0.25, -0.2) is 4.79 Å². The van der Waals surface area contributed by atoms with Crippen LogP contribution in [0.15, 0.2) is 54.1 Å². The average Bonchev–Trinajstić information content (AvgIpc) is 3.30. The standard InChI is InChI=1S/C24H23NO2/c1-4-27-24(26)19-13-22-23(16(19)3)20(17-11-9-15(2)10-12-17)14-21(25-22)18-7-5-6-8-18/h5-7,9-12,14H,4,8,13H2,1-3H3. The van der Waals surface area contributed by atoms with E-state index in [0.29, 0.717) is 13.0 Å². The maximum atomic E-state index is 12.4. The zero-order valence-corrected chi connectivity index (χ0v) is 16.0. The minimum atomic E-state index is -0.230. The van der Waals surface area contributed by atoms with Gasteiger partial charge in [0.15, 0.2) is 0 Å². The molecular weight excluding hydrogens is 334 g/mol. The van der Waals surface area contributed by atoms with Gasteiger partial charge in [0.2, 0.25) is 0 Å². The van der Waals surface area contributed by atoms with Gasteiger partial charge in [0, 0.05) is 17.6 Å². The first-order chi connectivity index (χ1) is 13.1. The predicted octanol–water partition coefficient (Wildman–Crippen LogP) is 5.29. The largest absolute Gasteiger partial charge is 0.463 e. The second kappa shape index (κ2) is 6.99. The number of aryl methyl sites for hydroxylation is 1. The maximum absolute atomic E-state index is 12.4. The molecule has 0 atom stereocenters. The van der Waals surface area contributed by atoms with Gasteiger partial charge in [0.05, 0.1) is 18.0 Å². The van der Waals surface area contributed by atoms with Gasteiger partial charge in [0.25, 0.3) is 0 Å². The summed E-state index contributed by atoms with van der Waals surface area (Å²) in [5.41, 5.74) is 9.48. The van der Waals surface area contributed by atoms with Crippen molar-refractivity contribution in [2.24, 2.45) is 0 Å². The topological polar surface area (TPSA) is 39.2 Å².